The number of hydrogen-bond donors (Lipinski definition) is 2. The van der Waals surface area contributed by atoms with Crippen LogP contribution in [-0.4, -0.2) is 25.7 Å². The van der Waals surface area contributed by atoms with Gasteiger partial charge in [0, 0.05) is 12.2 Å². The minimum Gasteiger partial charge on any atom is -0.492 e. The van der Waals surface area contributed by atoms with Crippen molar-refractivity contribution in [2.45, 2.75) is 20.8 Å². The molecule has 0 aromatic heterocycles. The molecule has 0 saturated heterocycles. The number of rotatable bonds is 7. The van der Waals surface area contributed by atoms with E-state index in [1.165, 1.54) is 5.56 Å². The minimum absolute atomic E-state index is 0. The standard InChI is InChI=1S/C19H24N2O3.ClH/c1-13-10-14(2)19(15(3)11-13)24-12-18(22)21-16-4-6-17(7-5-16)23-9-8-20;/h4-7,10-11H,8-9,12,20H2,1-3H3,(H,21,22);1H. The summed E-state index contributed by atoms with van der Waals surface area (Å²) < 4.78 is 11.1. The Morgan fingerprint density at radius 1 is 1.04 bits per heavy atom. The Morgan fingerprint density at radius 2 is 1.64 bits per heavy atom. The Bertz CT molecular complexity index is 679. The number of aryl methyl sites for hydroxylation is 3. The van der Waals surface area contributed by atoms with Crippen molar-refractivity contribution in [3.63, 3.8) is 0 Å². The third-order valence-corrected chi connectivity index (χ3v) is 3.48. The fraction of sp³-hybridized carbons (Fsp3) is 0.316. The SMILES string of the molecule is Cc1cc(C)c(OCC(=O)Nc2ccc(OCCN)cc2)c(C)c1.Cl. The molecule has 0 aliphatic heterocycles. The van der Waals surface area contributed by atoms with E-state index in [2.05, 4.69) is 5.32 Å². The molecule has 5 nitrogen and oxygen atoms in total. The molecule has 25 heavy (non-hydrogen) atoms. The van der Waals surface area contributed by atoms with E-state index in [9.17, 15) is 4.79 Å². The Hall–Kier alpha value is -2.24. The highest BCUT2D eigenvalue weighted by Crippen LogP contribution is 2.24. The molecule has 1 amide bonds. The third-order valence-electron chi connectivity index (χ3n) is 3.48. The first-order chi connectivity index (χ1) is 11.5. The fourth-order valence-corrected chi connectivity index (χ4v) is 2.54. The molecular weight excluding hydrogens is 340 g/mol. The molecular formula is C19H25ClN2O3. The van der Waals surface area contributed by atoms with E-state index < -0.39 is 0 Å². The van der Waals surface area contributed by atoms with Crippen LogP contribution < -0.4 is 20.5 Å². The Kier molecular flexibility index (Phi) is 8.25. The van der Waals surface area contributed by atoms with E-state index >= 15 is 0 Å². The highest BCUT2D eigenvalue weighted by atomic mass is 35.5. The first kappa shape index (κ1) is 20.8. The lowest BCUT2D eigenvalue weighted by Crippen LogP contribution is -2.20. The van der Waals surface area contributed by atoms with Crippen LogP contribution in [0.3, 0.4) is 0 Å². The maximum atomic E-state index is 12.0. The number of halogens is 1. The van der Waals surface area contributed by atoms with Gasteiger partial charge in [0.05, 0.1) is 0 Å². The molecule has 0 fully saturated rings. The average molecular weight is 365 g/mol. The summed E-state index contributed by atoms with van der Waals surface area (Å²) in [7, 11) is 0. The molecule has 3 N–H and O–H groups in total. The topological polar surface area (TPSA) is 73.6 Å². The van der Waals surface area contributed by atoms with Crippen LogP contribution >= 0.6 is 12.4 Å². The quantitative estimate of drug-likeness (QED) is 0.789. The first-order valence-corrected chi connectivity index (χ1v) is 7.93. The summed E-state index contributed by atoms with van der Waals surface area (Å²) in [5, 5.41) is 2.80. The van der Waals surface area contributed by atoms with Crippen molar-refractivity contribution in [3.8, 4) is 11.5 Å². The number of anilines is 1. The van der Waals surface area contributed by atoms with Crippen LogP contribution in [0.4, 0.5) is 5.69 Å². The zero-order chi connectivity index (χ0) is 17.5. The van der Waals surface area contributed by atoms with Gasteiger partial charge in [0.2, 0.25) is 0 Å². The second kappa shape index (κ2) is 9.91. The first-order valence-electron chi connectivity index (χ1n) is 7.93. The summed E-state index contributed by atoms with van der Waals surface area (Å²) >= 11 is 0. The molecule has 2 rings (SSSR count). The smallest absolute Gasteiger partial charge is 0.262 e. The van der Waals surface area contributed by atoms with Gasteiger partial charge in [-0.05, 0) is 56.2 Å². The Labute approximate surface area is 154 Å². The van der Waals surface area contributed by atoms with Gasteiger partial charge >= 0.3 is 0 Å². The lowest BCUT2D eigenvalue weighted by Gasteiger charge is -2.13. The van der Waals surface area contributed by atoms with E-state index in [4.69, 9.17) is 15.2 Å². The molecule has 0 heterocycles. The molecule has 0 bridgehead atoms. The van der Waals surface area contributed by atoms with Crippen LogP contribution in [0.1, 0.15) is 16.7 Å². The lowest BCUT2D eigenvalue weighted by molar-refractivity contribution is -0.118. The molecule has 2 aromatic carbocycles. The summed E-state index contributed by atoms with van der Waals surface area (Å²) in [6.07, 6.45) is 0. The Balaban J connectivity index is 0.00000312. The summed E-state index contributed by atoms with van der Waals surface area (Å²) in [6, 6.07) is 11.2. The molecule has 6 heteroatoms. The van der Waals surface area contributed by atoms with Gasteiger partial charge in [-0.15, -0.1) is 12.4 Å². The lowest BCUT2D eigenvalue weighted by atomic mass is 10.1. The molecule has 136 valence electrons. The van der Waals surface area contributed by atoms with Crippen molar-refractivity contribution in [1.29, 1.82) is 0 Å². The monoisotopic (exact) mass is 364 g/mol. The van der Waals surface area contributed by atoms with Crippen molar-refractivity contribution >= 4 is 24.0 Å². The van der Waals surface area contributed by atoms with Gasteiger partial charge in [-0.3, -0.25) is 4.79 Å². The predicted molar refractivity (Wildman–Crippen MR) is 103 cm³/mol. The van der Waals surface area contributed by atoms with E-state index in [0.717, 1.165) is 22.6 Å². The highest BCUT2D eigenvalue weighted by Gasteiger charge is 2.09. The summed E-state index contributed by atoms with van der Waals surface area (Å²) in [5.41, 5.74) is 9.32. The molecule has 0 radical (unpaired) electrons. The van der Waals surface area contributed by atoms with Crippen molar-refractivity contribution in [3.05, 3.63) is 53.1 Å². The predicted octanol–water partition coefficient (Wildman–Crippen LogP) is 3.39. The van der Waals surface area contributed by atoms with E-state index in [-0.39, 0.29) is 24.9 Å². The second-order valence-electron chi connectivity index (χ2n) is 5.73. The molecule has 0 atom stereocenters. The minimum atomic E-state index is -0.204. The number of nitrogens with one attached hydrogen (secondary N) is 1. The number of amides is 1. The molecule has 0 aliphatic rings. The molecule has 2 aromatic rings. The van der Waals surface area contributed by atoms with Crippen LogP contribution in [0.25, 0.3) is 0 Å². The average Bonchev–Trinajstić information content (AvgIpc) is 2.53. The van der Waals surface area contributed by atoms with Crippen LogP contribution in [0.15, 0.2) is 36.4 Å². The van der Waals surface area contributed by atoms with E-state index in [1.54, 1.807) is 24.3 Å². The maximum absolute atomic E-state index is 12.0. The van der Waals surface area contributed by atoms with Crippen molar-refractivity contribution < 1.29 is 14.3 Å². The van der Waals surface area contributed by atoms with Crippen LogP contribution in [-0.2, 0) is 4.79 Å². The Morgan fingerprint density at radius 3 is 2.20 bits per heavy atom. The van der Waals surface area contributed by atoms with Crippen LogP contribution in [0.2, 0.25) is 0 Å². The molecule has 0 unspecified atom stereocenters. The number of ether oxygens (including phenoxy) is 2. The van der Waals surface area contributed by atoms with Crippen molar-refractivity contribution in [1.82, 2.24) is 0 Å². The summed E-state index contributed by atoms with van der Waals surface area (Å²) in [4.78, 5) is 12.0. The van der Waals surface area contributed by atoms with Crippen molar-refractivity contribution in [2.24, 2.45) is 5.73 Å². The molecule has 0 saturated carbocycles. The van der Waals surface area contributed by atoms with E-state index in [1.807, 2.05) is 32.9 Å². The number of nitrogens with two attached hydrogens (primary N) is 1. The van der Waals surface area contributed by atoms with Crippen LogP contribution in [0.5, 0.6) is 11.5 Å². The van der Waals surface area contributed by atoms with Crippen LogP contribution in [0, 0.1) is 20.8 Å². The van der Waals surface area contributed by atoms with Gasteiger partial charge < -0.3 is 20.5 Å². The zero-order valence-electron chi connectivity index (χ0n) is 14.8. The zero-order valence-corrected chi connectivity index (χ0v) is 15.6. The third kappa shape index (κ3) is 6.29. The second-order valence-corrected chi connectivity index (χ2v) is 5.73. The summed E-state index contributed by atoms with van der Waals surface area (Å²) in [5.74, 6) is 1.28. The molecule has 0 aliphatic carbocycles. The number of carbonyl (C=O) groups excluding carboxylic acids is 1. The highest BCUT2D eigenvalue weighted by molar-refractivity contribution is 5.91. The number of carbonyl (C=O) groups is 1. The molecule has 0 spiro atoms. The van der Waals surface area contributed by atoms with Gasteiger partial charge in [-0.2, -0.15) is 0 Å². The fourth-order valence-electron chi connectivity index (χ4n) is 2.54. The largest absolute Gasteiger partial charge is 0.492 e. The van der Waals surface area contributed by atoms with Gasteiger partial charge in [0.15, 0.2) is 6.61 Å². The van der Waals surface area contributed by atoms with Gasteiger partial charge in [0.1, 0.15) is 18.1 Å². The normalized spacial score (nSPS) is 9.92. The summed E-state index contributed by atoms with van der Waals surface area (Å²) in [6.45, 7) is 6.90. The number of hydrogen-bond acceptors (Lipinski definition) is 4. The maximum Gasteiger partial charge on any atom is 0.262 e. The van der Waals surface area contributed by atoms with Gasteiger partial charge in [-0.1, -0.05) is 17.7 Å². The number of benzene rings is 2. The van der Waals surface area contributed by atoms with Crippen molar-refractivity contribution in [2.75, 3.05) is 25.1 Å². The van der Waals surface area contributed by atoms with Gasteiger partial charge in [0.25, 0.3) is 5.91 Å². The van der Waals surface area contributed by atoms with Gasteiger partial charge in [-0.25, -0.2) is 0 Å². The van der Waals surface area contributed by atoms with E-state index in [0.29, 0.717) is 18.8 Å².